The Kier molecular flexibility index (Phi) is 9.58. The number of ether oxygens (including phenoxy) is 2. The van der Waals surface area contributed by atoms with Crippen LogP contribution in [0, 0.1) is 0 Å². The van der Waals surface area contributed by atoms with E-state index in [4.69, 9.17) is 9.47 Å². The van der Waals surface area contributed by atoms with Crippen LogP contribution in [0.3, 0.4) is 0 Å². The second-order valence-electron chi connectivity index (χ2n) is 9.95. The highest BCUT2D eigenvalue weighted by Gasteiger charge is 2.32. The summed E-state index contributed by atoms with van der Waals surface area (Å²) < 4.78 is 38.8. The lowest BCUT2D eigenvalue weighted by Crippen LogP contribution is -2.54. The van der Waals surface area contributed by atoms with Crippen LogP contribution in [0.1, 0.15) is 45.6 Å². The van der Waals surface area contributed by atoms with Crippen LogP contribution in [0.5, 0.6) is 5.75 Å². The number of hydrogen-bond donors (Lipinski definition) is 3. The van der Waals surface area contributed by atoms with Crippen molar-refractivity contribution < 1.29 is 27.8 Å². The predicted molar refractivity (Wildman–Crippen MR) is 141 cm³/mol. The average molecular weight is 532 g/mol. The molecule has 0 saturated heterocycles. The third-order valence-corrected chi connectivity index (χ3v) is 7.46. The van der Waals surface area contributed by atoms with Crippen LogP contribution in [0.15, 0.2) is 71.3 Å². The summed E-state index contributed by atoms with van der Waals surface area (Å²) in [7, 11) is -2.55. The number of nitrogens with zero attached hydrogens (tertiary/aromatic N) is 1. The lowest BCUT2D eigenvalue weighted by atomic mass is 10.0. The number of carbonyl (C=O) groups excluding carboxylic acids is 1. The second-order valence-corrected chi connectivity index (χ2v) is 11.8. The maximum atomic E-state index is 13.6. The van der Waals surface area contributed by atoms with E-state index in [9.17, 15) is 18.3 Å². The van der Waals surface area contributed by atoms with Gasteiger partial charge in [0.15, 0.2) is 0 Å². The Bertz CT molecular complexity index is 1160. The van der Waals surface area contributed by atoms with Gasteiger partial charge < -0.3 is 25.3 Å². The SMILES string of the molecule is COc1ccc(S(=O)(=O)N(C[C@@H](O)[C@H](Cc2ccccc2)NC(=O)OC(C)(C)C)NC2=CCCC2)cc1. The summed E-state index contributed by atoms with van der Waals surface area (Å²) in [5.74, 6) is 0.529. The first kappa shape index (κ1) is 28.5. The lowest BCUT2D eigenvalue weighted by molar-refractivity contribution is 0.0392. The molecule has 0 unspecified atom stereocenters. The molecule has 0 fully saturated rings. The van der Waals surface area contributed by atoms with Gasteiger partial charge in [-0.15, -0.1) is 4.41 Å². The van der Waals surface area contributed by atoms with E-state index in [1.165, 1.54) is 19.2 Å². The van der Waals surface area contributed by atoms with Crippen molar-refractivity contribution in [2.75, 3.05) is 13.7 Å². The summed E-state index contributed by atoms with van der Waals surface area (Å²) in [6.07, 6.45) is 2.74. The van der Waals surface area contributed by atoms with Crippen LogP contribution in [-0.4, -0.2) is 55.4 Å². The zero-order valence-electron chi connectivity index (χ0n) is 21.8. The van der Waals surface area contributed by atoms with E-state index in [1.54, 1.807) is 32.9 Å². The molecule has 0 saturated carbocycles. The van der Waals surface area contributed by atoms with Crippen molar-refractivity contribution in [1.29, 1.82) is 0 Å². The van der Waals surface area contributed by atoms with Crippen molar-refractivity contribution in [3.63, 3.8) is 0 Å². The van der Waals surface area contributed by atoms with Gasteiger partial charge in [-0.25, -0.2) is 13.2 Å². The van der Waals surface area contributed by atoms with Crippen molar-refractivity contribution in [1.82, 2.24) is 15.2 Å². The predicted octanol–water partition coefficient (Wildman–Crippen LogP) is 3.76. The fraction of sp³-hybridized carbons (Fsp3) is 0.444. The molecule has 2 aromatic rings. The lowest BCUT2D eigenvalue weighted by Gasteiger charge is -2.31. The van der Waals surface area contributed by atoms with Gasteiger partial charge in [0.25, 0.3) is 10.0 Å². The summed E-state index contributed by atoms with van der Waals surface area (Å²) in [5.41, 5.74) is 3.91. The highest BCUT2D eigenvalue weighted by molar-refractivity contribution is 7.89. The molecule has 0 radical (unpaired) electrons. The fourth-order valence-electron chi connectivity index (χ4n) is 3.92. The van der Waals surface area contributed by atoms with Gasteiger partial charge in [-0.2, -0.15) is 0 Å². The van der Waals surface area contributed by atoms with Crippen LogP contribution in [-0.2, 0) is 21.2 Å². The molecule has 2 atom stereocenters. The van der Waals surface area contributed by atoms with Gasteiger partial charge in [-0.05, 0) is 76.3 Å². The van der Waals surface area contributed by atoms with Crippen LogP contribution >= 0.6 is 0 Å². The average Bonchev–Trinajstić information content (AvgIpc) is 3.36. The number of allylic oxidation sites excluding steroid dienone is 2. The van der Waals surface area contributed by atoms with Crippen molar-refractivity contribution in [3.05, 3.63) is 71.9 Å². The third-order valence-electron chi connectivity index (χ3n) is 5.77. The van der Waals surface area contributed by atoms with E-state index in [2.05, 4.69) is 10.7 Å². The van der Waals surface area contributed by atoms with Gasteiger partial charge in [0.2, 0.25) is 0 Å². The summed E-state index contributed by atoms with van der Waals surface area (Å²) in [5, 5.41) is 14.0. The van der Waals surface area contributed by atoms with Crippen LogP contribution in [0.2, 0.25) is 0 Å². The monoisotopic (exact) mass is 531 g/mol. The molecule has 9 nitrogen and oxygen atoms in total. The summed E-state index contributed by atoms with van der Waals surface area (Å²) >= 11 is 0. The zero-order valence-corrected chi connectivity index (χ0v) is 22.6. The fourth-order valence-corrected chi connectivity index (χ4v) is 5.24. The number of carbonyl (C=O) groups is 1. The number of aliphatic hydroxyl groups is 1. The van der Waals surface area contributed by atoms with E-state index in [0.29, 0.717) is 12.2 Å². The van der Waals surface area contributed by atoms with E-state index in [-0.39, 0.29) is 17.9 Å². The molecule has 1 aliphatic rings. The van der Waals surface area contributed by atoms with Crippen molar-refractivity contribution in [2.45, 2.75) is 69.1 Å². The van der Waals surface area contributed by atoms with Crippen LogP contribution < -0.4 is 15.5 Å². The smallest absolute Gasteiger partial charge is 0.407 e. The normalized spacial score (nSPS) is 15.6. The number of nitrogens with one attached hydrogen (secondary N) is 2. The highest BCUT2D eigenvalue weighted by Crippen LogP contribution is 2.22. The highest BCUT2D eigenvalue weighted by atomic mass is 32.2. The maximum Gasteiger partial charge on any atom is 0.407 e. The number of amides is 1. The number of rotatable bonds is 11. The summed E-state index contributed by atoms with van der Waals surface area (Å²) in [6.45, 7) is 4.94. The van der Waals surface area contributed by atoms with Crippen LogP contribution in [0.25, 0.3) is 0 Å². The van der Waals surface area contributed by atoms with Gasteiger partial charge in [-0.3, -0.25) is 0 Å². The summed E-state index contributed by atoms with van der Waals surface area (Å²) in [4.78, 5) is 12.6. The standard InChI is InChI=1S/C27H37N3O6S/c1-27(2,3)36-26(32)28-24(18-20-10-6-5-7-11-20)25(31)19-30(29-21-12-8-9-13-21)37(33,34)23-16-14-22(35-4)15-17-23/h5-7,10-12,14-17,24-25,29,31H,8-9,13,18-19H2,1-4H3,(H,28,32)/t24-,25+/m0/s1. The molecule has 0 bridgehead atoms. The molecule has 0 heterocycles. The van der Waals surface area contributed by atoms with E-state index in [0.717, 1.165) is 28.5 Å². The molecule has 0 aromatic heterocycles. The molecule has 3 rings (SSSR count). The van der Waals surface area contributed by atoms with E-state index in [1.807, 2.05) is 36.4 Å². The second kappa shape index (κ2) is 12.4. The topological polar surface area (TPSA) is 117 Å². The van der Waals surface area contributed by atoms with Crippen molar-refractivity contribution in [2.24, 2.45) is 0 Å². The van der Waals surface area contributed by atoms with E-state index < -0.39 is 33.9 Å². The molecule has 1 aliphatic carbocycles. The first-order valence-corrected chi connectivity index (χ1v) is 13.8. The van der Waals surface area contributed by atoms with Gasteiger partial charge in [0.05, 0.1) is 30.7 Å². The number of methoxy groups -OCH3 is 1. The van der Waals surface area contributed by atoms with Crippen LogP contribution in [0.4, 0.5) is 4.79 Å². The molecular weight excluding hydrogens is 494 g/mol. The largest absolute Gasteiger partial charge is 0.497 e. The number of sulfonamides is 1. The zero-order chi connectivity index (χ0) is 27.1. The Balaban J connectivity index is 1.87. The molecule has 1 amide bonds. The first-order valence-electron chi connectivity index (χ1n) is 12.3. The molecule has 0 spiro atoms. The van der Waals surface area contributed by atoms with Gasteiger partial charge in [0, 0.05) is 5.70 Å². The minimum Gasteiger partial charge on any atom is -0.497 e. The minimum atomic E-state index is -4.05. The third kappa shape index (κ3) is 8.48. The van der Waals surface area contributed by atoms with Crippen molar-refractivity contribution >= 4 is 16.1 Å². The first-order chi connectivity index (χ1) is 17.5. The Morgan fingerprint density at radius 1 is 1.11 bits per heavy atom. The van der Waals surface area contributed by atoms with Gasteiger partial charge >= 0.3 is 6.09 Å². The number of benzene rings is 2. The van der Waals surface area contributed by atoms with Gasteiger partial charge in [-0.1, -0.05) is 36.4 Å². The minimum absolute atomic E-state index is 0.0475. The number of hydrazine groups is 1. The number of alkyl carbamates (subject to hydrolysis) is 1. The molecule has 202 valence electrons. The van der Waals surface area contributed by atoms with Crippen molar-refractivity contribution in [3.8, 4) is 5.75 Å². The summed E-state index contributed by atoms with van der Waals surface area (Å²) in [6, 6.07) is 14.6. The Hall–Kier alpha value is -3.08. The molecular formula is C27H37N3O6S. The van der Waals surface area contributed by atoms with E-state index >= 15 is 0 Å². The molecule has 3 N–H and O–H groups in total. The molecule has 37 heavy (non-hydrogen) atoms. The quantitative estimate of drug-likeness (QED) is 0.378. The Labute approximate surface area is 219 Å². The Morgan fingerprint density at radius 3 is 2.35 bits per heavy atom. The molecule has 0 aliphatic heterocycles. The molecule has 10 heteroatoms. The number of aliphatic hydroxyl groups excluding tert-OH is 1. The maximum absolute atomic E-state index is 13.6. The number of hydrogen-bond acceptors (Lipinski definition) is 7. The Morgan fingerprint density at radius 2 is 1.78 bits per heavy atom. The van der Waals surface area contributed by atoms with Gasteiger partial charge in [0.1, 0.15) is 11.4 Å². The molecule has 2 aromatic carbocycles.